The van der Waals surface area contributed by atoms with Gasteiger partial charge in [-0.25, -0.2) is 14.8 Å². The molecule has 168 valence electrons. The van der Waals surface area contributed by atoms with Crippen LogP contribution in [0.3, 0.4) is 0 Å². The lowest BCUT2D eigenvalue weighted by Crippen LogP contribution is -2.19. The normalized spacial score (nSPS) is 11.1. The number of para-hydroxylation sites is 3. The lowest BCUT2D eigenvalue weighted by atomic mass is 10.2. The van der Waals surface area contributed by atoms with Gasteiger partial charge in [0.05, 0.1) is 30.1 Å². The highest BCUT2D eigenvalue weighted by Gasteiger charge is 2.11. The van der Waals surface area contributed by atoms with Crippen LogP contribution in [0, 0.1) is 5.82 Å². The maximum atomic E-state index is 13.9. The predicted molar refractivity (Wildman–Crippen MR) is 126 cm³/mol. The maximum absolute atomic E-state index is 13.9. The van der Waals surface area contributed by atoms with E-state index in [2.05, 4.69) is 20.5 Å². The van der Waals surface area contributed by atoms with Crippen LogP contribution in [0.25, 0.3) is 11.0 Å². The van der Waals surface area contributed by atoms with Crippen molar-refractivity contribution in [1.82, 2.24) is 15.4 Å². The summed E-state index contributed by atoms with van der Waals surface area (Å²) >= 11 is 1.28. The topological polar surface area (TPSA) is 88.6 Å². The van der Waals surface area contributed by atoms with Crippen LogP contribution in [0.2, 0.25) is 0 Å². The number of nitrogens with zero attached hydrogens (tertiary/aromatic N) is 2. The van der Waals surface area contributed by atoms with E-state index in [1.165, 1.54) is 31.2 Å². The van der Waals surface area contributed by atoms with Gasteiger partial charge in [-0.3, -0.25) is 4.79 Å². The summed E-state index contributed by atoms with van der Waals surface area (Å²) in [5.74, 6) is 0.386. The first-order valence-electron chi connectivity index (χ1n) is 10.1. The van der Waals surface area contributed by atoms with Crippen molar-refractivity contribution >= 4 is 34.9 Å². The highest BCUT2D eigenvalue weighted by molar-refractivity contribution is 7.99. The zero-order valence-electron chi connectivity index (χ0n) is 17.7. The summed E-state index contributed by atoms with van der Waals surface area (Å²) in [7, 11) is 1.52. The minimum atomic E-state index is -0.350. The first-order chi connectivity index (χ1) is 16.1. The van der Waals surface area contributed by atoms with Crippen LogP contribution >= 0.6 is 11.8 Å². The number of hydrazone groups is 1. The number of amides is 1. The zero-order valence-corrected chi connectivity index (χ0v) is 18.6. The molecule has 2 N–H and O–H groups in total. The maximum Gasteiger partial charge on any atom is 0.250 e. The molecule has 0 spiro atoms. The van der Waals surface area contributed by atoms with Gasteiger partial charge in [-0.05, 0) is 30.3 Å². The van der Waals surface area contributed by atoms with Gasteiger partial charge in [-0.1, -0.05) is 48.2 Å². The SMILES string of the molecule is COc1cccc(/C=N/NC(=O)CSc2nc3ccccc3[nH]2)c1OCc1ccccc1F. The van der Waals surface area contributed by atoms with E-state index in [4.69, 9.17) is 9.47 Å². The number of H-pyrrole nitrogens is 1. The Morgan fingerprint density at radius 3 is 2.79 bits per heavy atom. The van der Waals surface area contributed by atoms with Gasteiger partial charge in [0, 0.05) is 11.1 Å². The largest absolute Gasteiger partial charge is 0.493 e. The second-order valence-electron chi connectivity index (χ2n) is 6.90. The molecule has 0 saturated heterocycles. The molecule has 3 aromatic carbocycles. The molecule has 9 heteroatoms. The van der Waals surface area contributed by atoms with Crippen LogP contribution in [0.15, 0.2) is 77.0 Å². The molecule has 1 amide bonds. The van der Waals surface area contributed by atoms with E-state index in [9.17, 15) is 9.18 Å². The molecule has 0 bridgehead atoms. The number of hydrogen-bond acceptors (Lipinski definition) is 6. The van der Waals surface area contributed by atoms with E-state index in [0.717, 1.165) is 11.0 Å². The van der Waals surface area contributed by atoms with Gasteiger partial charge in [-0.2, -0.15) is 5.10 Å². The van der Waals surface area contributed by atoms with Crippen molar-refractivity contribution in [1.29, 1.82) is 0 Å². The quantitative estimate of drug-likeness (QED) is 0.216. The van der Waals surface area contributed by atoms with E-state index in [1.807, 2.05) is 24.3 Å². The minimum absolute atomic E-state index is 0.0222. The van der Waals surface area contributed by atoms with Gasteiger partial charge < -0.3 is 14.5 Å². The summed E-state index contributed by atoms with van der Waals surface area (Å²) in [4.78, 5) is 19.8. The van der Waals surface area contributed by atoms with Crippen molar-refractivity contribution < 1.29 is 18.7 Å². The van der Waals surface area contributed by atoms with Crippen LogP contribution in [0.5, 0.6) is 11.5 Å². The van der Waals surface area contributed by atoms with E-state index in [0.29, 0.717) is 27.8 Å². The summed E-state index contributed by atoms with van der Waals surface area (Å²) < 4.78 is 25.1. The number of halogens is 1. The number of aromatic amines is 1. The zero-order chi connectivity index (χ0) is 23.0. The molecule has 33 heavy (non-hydrogen) atoms. The van der Waals surface area contributed by atoms with Gasteiger partial charge in [0.2, 0.25) is 0 Å². The molecule has 4 aromatic rings. The first-order valence-corrected chi connectivity index (χ1v) is 11.1. The van der Waals surface area contributed by atoms with Gasteiger partial charge >= 0.3 is 0 Å². The van der Waals surface area contributed by atoms with E-state index in [1.54, 1.807) is 36.4 Å². The lowest BCUT2D eigenvalue weighted by molar-refractivity contribution is -0.118. The average molecular weight is 465 g/mol. The van der Waals surface area contributed by atoms with Gasteiger partial charge in [-0.15, -0.1) is 0 Å². The molecule has 0 atom stereocenters. The molecule has 0 saturated carbocycles. The molecule has 0 fully saturated rings. The number of carbonyl (C=O) groups excluding carboxylic acids is 1. The Morgan fingerprint density at radius 1 is 1.15 bits per heavy atom. The number of imidazole rings is 1. The number of methoxy groups -OCH3 is 1. The number of fused-ring (bicyclic) bond motifs is 1. The number of hydrogen-bond donors (Lipinski definition) is 2. The number of benzene rings is 3. The van der Waals surface area contributed by atoms with Crippen molar-refractivity contribution in [3.05, 3.63) is 83.7 Å². The lowest BCUT2D eigenvalue weighted by Gasteiger charge is -2.13. The summed E-state index contributed by atoms with van der Waals surface area (Å²) in [6, 6.07) is 19.3. The third kappa shape index (κ3) is 5.69. The second-order valence-corrected chi connectivity index (χ2v) is 7.86. The fraction of sp³-hybridized carbons (Fsp3) is 0.125. The standard InChI is InChI=1S/C24H21FN4O3S/c1-31-21-12-6-8-16(23(21)32-14-17-7-2-3-9-18(17)25)13-26-29-22(30)15-33-24-27-19-10-4-5-11-20(19)28-24/h2-13H,14-15H2,1H3,(H,27,28)(H,29,30)/b26-13+. The Bertz CT molecular complexity index is 1260. The third-order valence-corrected chi connectivity index (χ3v) is 5.53. The van der Waals surface area contributed by atoms with E-state index >= 15 is 0 Å². The molecule has 0 aliphatic heterocycles. The van der Waals surface area contributed by atoms with Crippen molar-refractivity contribution in [2.24, 2.45) is 5.10 Å². The summed E-state index contributed by atoms with van der Waals surface area (Å²) in [6.45, 7) is 0.0222. The molecular formula is C24H21FN4O3S. The Balaban J connectivity index is 1.37. The Morgan fingerprint density at radius 2 is 1.97 bits per heavy atom. The van der Waals surface area contributed by atoms with Gasteiger partial charge in [0.25, 0.3) is 5.91 Å². The first kappa shape index (κ1) is 22.3. The summed E-state index contributed by atoms with van der Waals surface area (Å²) in [5, 5.41) is 4.69. The number of carbonyl (C=O) groups is 1. The highest BCUT2D eigenvalue weighted by Crippen LogP contribution is 2.31. The number of ether oxygens (including phenoxy) is 2. The number of nitrogens with one attached hydrogen (secondary N) is 2. The van der Waals surface area contributed by atoms with E-state index in [-0.39, 0.29) is 24.1 Å². The summed E-state index contributed by atoms with van der Waals surface area (Å²) in [6.07, 6.45) is 1.46. The smallest absolute Gasteiger partial charge is 0.250 e. The van der Waals surface area contributed by atoms with Gasteiger partial charge in [0.1, 0.15) is 12.4 Å². The minimum Gasteiger partial charge on any atom is -0.493 e. The number of thioether (sulfide) groups is 1. The van der Waals surface area contributed by atoms with E-state index < -0.39 is 0 Å². The van der Waals surface area contributed by atoms with Crippen LogP contribution in [0.1, 0.15) is 11.1 Å². The van der Waals surface area contributed by atoms with Crippen molar-refractivity contribution in [3.8, 4) is 11.5 Å². The average Bonchev–Trinajstić information content (AvgIpc) is 3.26. The van der Waals surface area contributed by atoms with Crippen LogP contribution < -0.4 is 14.9 Å². The van der Waals surface area contributed by atoms with Crippen molar-refractivity contribution in [2.75, 3.05) is 12.9 Å². The monoisotopic (exact) mass is 464 g/mol. The predicted octanol–water partition coefficient (Wildman–Crippen LogP) is 4.53. The number of rotatable bonds is 9. The third-order valence-electron chi connectivity index (χ3n) is 4.66. The molecule has 7 nitrogen and oxygen atoms in total. The Hall–Kier alpha value is -3.85. The molecule has 1 heterocycles. The fourth-order valence-corrected chi connectivity index (χ4v) is 3.73. The van der Waals surface area contributed by atoms with Gasteiger partial charge in [0.15, 0.2) is 16.7 Å². The molecular weight excluding hydrogens is 443 g/mol. The molecule has 0 aliphatic rings. The fourth-order valence-electron chi connectivity index (χ4n) is 3.05. The highest BCUT2D eigenvalue weighted by atomic mass is 32.2. The van der Waals surface area contributed by atoms with Crippen molar-refractivity contribution in [3.63, 3.8) is 0 Å². The molecule has 0 aliphatic carbocycles. The Kier molecular flexibility index (Phi) is 7.21. The van der Waals surface area contributed by atoms with Crippen molar-refractivity contribution in [2.45, 2.75) is 11.8 Å². The molecule has 1 aromatic heterocycles. The number of aromatic nitrogens is 2. The Labute approximate surface area is 194 Å². The van der Waals surface area contributed by atoms with Crippen LogP contribution in [0.4, 0.5) is 4.39 Å². The van der Waals surface area contributed by atoms with Crippen LogP contribution in [-0.2, 0) is 11.4 Å². The molecule has 0 unspecified atom stereocenters. The van der Waals surface area contributed by atoms with Crippen LogP contribution in [-0.4, -0.2) is 35.0 Å². The summed E-state index contributed by atoms with van der Waals surface area (Å²) in [5.41, 5.74) is 5.26. The molecule has 4 rings (SSSR count). The molecule has 0 radical (unpaired) electrons. The second kappa shape index (κ2) is 10.6.